The van der Waals surface area contributed by atoms with Gasteiger partial charge in [-0.25, -0.2) is 0 Å². The lowest BCUT2D eigenvalue weighted by atomic mass is 10.1. The SMILES string of the molecule is CCN(CC)Cc1cccc(CNC(=O)c2cc(OC)c(OC)cc2I)c1. The van der Waals surface area contributed by atoms with E-state index >= 15 is 0 Å². The Hall–Kier alpha value is -1.80. The molecule has 0 radical (unpaired) electrons. The van der Waals surface area contributed by atoms with Crippen molar-refractivity contribution in [1.29, 1.82) is 0 Å². The van der Waals surface area contributed by atoms with Gasteiger partial charge in [0.2, 0.25) is 0 Å². The molecule has 0 unspecified atom stereocenters. The molecule has 0 bridgehead atoms. The zero-order chi connectivity index (χ0) is 19.8. The largest absolute Gasteiger partial charge is 0.493 e. The second kappa shape index (κ2) is 10.5. The highest BCUT2D eigenvalue weighted by atomic mass is 127. The molecule has 2 aromatic carbocycles. The Labute approximate surface area is 175 Å². The summed E-state index contributed by atoms with van der Waals surface area (Å²) in [6, 6.07) is 11.9. The number of carbonyl (C=O) groups is 1. The maximum Gasteiger partial charge on any atom is 0.252 e. The van der Waals surface area contributed by atoms with Gasteiger partial charge in [-0.15, -0.1) is 0 Å². The summed E-state index contributed by atoms with van der Waals surface area (Å²) >= 11 is 2.14. The Kier molecular flexibility index (Phi) is 8.37. The summed E-state index contributed by atoms with van der Waals surface area (Å²) in [5, 5.41) is 3.00. The van der Waals surface area contributed by atoms with Crippen LogP contribution in [0.4, 0.5) is 0 Å². The normalized spacial score (nSPS) is 10.7. The molecule has 2 rings (SSSR count). The van der Waals surface area contributed by atoms with Crippen LogP contribution in [0.1, 0.15) is 35.3 Å². The second-order valence-corrected chi connectivity index (χ2v) is 7.31. The number of methoxy groups -OCH3 is 2. The minimum Gasteiger partial charge on any atom is -0.493 e. The van der Waals surface area contributed by atoms with Crippen molar-refractivity contribution in [2.45, 2.75) is 26.9 Å². The molecule has 0 spiro atoms. The fourth-order valence-electron chi connectivity index (χ4n) is 2.85. The van der Waals surface area contributed by atoms with Crippen molar-refractivity contribution in [3.63, 3.8) is 0 Å². The van der Waals surface area contributed by atoms with Crippen LogP contribution in [0.2, 0.25) is 0 Å². The van der Waals surface area contributed by atoms with Gasteiger partial charge in [0.15, 0.2) is 11.5 Å². The molecular weight excluding hydrogens is 455 g/mol. The van der Waals surface area contributed by atoms with Crippen LogP contribution in [0.3, 0.4) is 0 Å². The number of nitrogens with zero attached hydrogens (tertiary/aromatic N) is 1. The van der Waals surface area contributed by atoms with Gasteiger partial charge in [-0.1, -0.05) is 38.1 Å². The van der Waals surface area contributed by atoms with Gasteiger partial charge < -0.3 is 14.8 Å². The monoisotopic (exact) mass is 482 g/mol. The Balaban J connectivity index is 2.07. The van der Waals surface area contributed by atoms with Gasteiger partial charge in [0.1, 0.15) is 0 Å². The molecule has 5 nitrogen and oxygen atoms in total. The summed E-state index contributed by atoms with van der Waals surface area (Å²) in [4.78, 5) is 15.0. The van der Waals surface area contributed by atoms with E-state index in [1.807, 2.05) is 12.1 Å². The van der Waals surface area contributed by atoms with Gasteiger partial charge in [0.25, 0.3) is 5.91 Å². The average molecular weight is 482 g/mol. The Morgan fingerprint density at radius 2 is 1.67 bits per heavy atom. The van der Waals surface area contributed by atoms with Crippen molar-refractivity contribution in [1.82, 2.24) is 10.2 Å². The molecule has 6 heteroatoms. The van der Waals surface area contributed by atoms with Gasteiger partial charge >= 0.3 is 0 Å². The standard InChI is InChI=1S/C21H27IN2O3/c1-5-24(6-2)14-16-9-7-8-15(10-16)13-23-21(25)17-11-19(26-3)20(27-4)12-18(17)22/h7-12H,5-6,13-14H2,1-4H3,(H,23,25). The lowest BCUT2D eigenvalue weighted by Gasteiger charge is -2.18. The first-order chi connectivity index (χ1) is 13.0. The summed E-state index contributed by atoms with van der Waals surface area (Å²) in [5.41, 5.74) is 2.92. The highest BCUT2D eigenvalue weighted by molar-refractivity contribution is 14.1. The number of ether oxygens (including phenoxy) is 2. The van der Waals surface area contributed by atoms with Crippen LogP contribution in [0.25, 0.3) is 0 Å². The Morgan fingerprint density at radius 3 is 2.30 bits per heavy atom. The van der Waals surface area contributed by atoms with Gasteiger partial charge in [0, 0.05) is 16.7 Å². The van der Waals surface area contributed by atoms with Crippen LogP contribution in [-0.4, -0.2) is 38.1 Å². The van der Waals surface area contributed by atoms with Crippen LogP contribution >= 0.6 is 22.6 Å². The highest BCUT2D eigenvalue weighted by Crippen LogP contribution is 2.31. The number of amides is 1. The molecule has 0 saturated heterocycles. The molecule has 146 valence electrons. The van der Waals surface area contributed by atoms with E-state index in [9.17, 15) is 4.79 Å². The molecule has 0 aliphatic heterocycles. The van der Waals surface area contributed by atoms with E-state index in [4.69, 9.17) is 9.47 Å². The number of hydrogen-bond acceptors (Lipinski definition) is 4. The molecule has 0 aliphatic carbocycles. The van der Waals surface area contributed by atoms with Crippen molar-refractivity contribution >= 4 is 28.5 Å². The van der Waals surface area contributed by atoms with Crippen LogP contribution < -0.4 is 14.8 Å². The first-order valence-corrected chi connectivity index (χ1v) is 10.1. The van der Waals surface area contributed by atoms with Crippen molar-refractivity contribution in [2.75, 3.05) is 27.3 Å². The van der Waals surface area contributed by atoms with Crippen molar-refractivity contribution in [2.24, 2.45) is 0 Å². The van der Waals surface area contributed by atoms with E-state index in [0.29, 0.717) is 23.6 Å². The van der Waals surface area contributed by atoms with Gasteiger partial charge in [0.05, 0.1) is 19.8 Å². The third-order valence-corrected chi connectivity index (χ3v) is 5.36. The van der Waals surface area contributed by atoms with Crippen LogP contribution in [0.15, 0.2) is 36.4 Å². The number of benzene rings is 2. The fraction of sp³-hybridized carbons (Fsp3) is 0.381. The van der Waals surface area contributed by atoms with E-state index in [0.717, 1.165) is 28.8 Å². The second-order valence-electron chi connectivity index (χ2n) is 6.15. The molecule has 2 aromatic rings. The number of rotatable bonds is 9. The van der Waals surface area contributed by atoms with Gasteiger partial charge in [-0.3, -0.25) is 9.69 Å². The van der Waals surface area contributed by atoms with E-state index in [-0.39, 0.29) is 5.91 Å². The molecule has 27 heavy (non-hydrogen) atoms. The molecule has 0 fully saturated rings. The first kappa shape index (κ1) is 21.5. The number of nitrogens with one attached hydrogen (secondary N) is 1. The molecule has 0 heterocycles. The Bertz CT molecular complexity index is 776. The predicted molar refractivity (Wildman–Crippen MR) is 117 cm³/mol. The van der Waals surface area contributed by atoms with Gasteiger partial charge in [-0.05, 0) is 58.9 Å². The molecule has 0 aromatic heterocycles. The third-order valence-electron chi connectivity index (χ3n) is 4.46. The predicted octanol–water partition coefficient (Wildman–Crippen LogP) is 4.08. The fourth-order valence-corrected chi connectivity index (χ4v) is 3.53. The minimum atomic E-state index is -0.130. The van der Waals surface area contributed by atoms with Crippen LogP contribution in [0.5, 0.6) is 11.5 Å². The van der Waals surface area contributed by atoms with E-state index in [2.05, 4.69) is 58.8 Å². The quantitative estimate of drug-likeness (QED) is 0.548. The zero-order valence-electron chi connectivity index (χ0n) is 16.3. The van der Waals surface area contributed by atoms with Crippen molar-refractivity contribution in [3.05, 3.63) is 56.7 Å². The summed E-state index contributed by atoms with van der Waals surface area (Å²) in [5.74, 6) is 1.03. The number of hydrogen-bond donors (Lipinski definition) is 1. The maximum absolute atomic E-state index is 12.6. The number of halogens is 1. The van der Waals surface area contributed by atoms with Crippen molar-refractivity contribution in [3.8, 4) is 11.5 Å². The summed E-state index contributed by atoms with van der Waals surface area (Å²) < 4.78 is 11.4. The zero-order valence-corrected chi connectivity index (χ0v) is 18.5. The summed E-state index contributed by atoms with van der Waals surface area (Å²) in [6.07, 6.45) is 0. The first-order valence-electron chi connectivity index (χ1n) is 9.02. The molecule has 0 aliphatic rings. The molecule has 0 atom stereocenters. The molecule has 1 amide bonds. The molecular formula is C21H27IN2O3. The maximum atomic E-state index is 12.6. The minimum absolute atomic E-state index is 0.130. The average Bonchev–Trinajstić information content (AvgIpc) is 2.70. The Morgan fingerprint density at radius 1 is 1.04 bits per heavy atom. The smallest absolute Gasteiger partial charge is 0.252 e. The topological polar surface area (TPSA) is 50.8 Å². The third kappa shape index (κ3) is 5.84. The van der Waals surface area contributed by atoms with Crippen LogP contribution in [-0.2, 0) is 13.1 Å². The lowest BCUT2D eigenvalue weighted by Crippen LogP contribution is -2.24. The lowest BCUT2D eigenvalue weighted by molar-refractivity contribution is 0.0949. The van der Waals surface area contributed by atoms with E-state index < -0.39 is 0 Å². The van der Waals surface area contributed by atoms with E-state index in [1.165, 1.54) is 5.56 Å². The van der Waals surface area contributed by atoms with E-state index in [1.54, 1.807) is 26.4 Å². The van der Waals surface area contributed by atoms with Crippen molar-refractivity contribution < 1.29 is 14.3 Å². The van der Waals surface area contributed by atoms with Crippen LogP contribution in [0, 0.1) is 3.57 Å². The summed E-state index contributed by atoms with van der Waals surface area (Å²) in [7, 11) is 3.15. The number of carbonyl (C=O) groups excluding carboxylic acids is 1. The molecule has 1 N–H and O–H groups in total. The van der Waals surface area contributed by atoms with Gasteiger partial charge in [-0.2, -0.15) is 0 Å². The molecule has 0 saturated carbocycles. The highest BCUT2D eigenvalue weighted by Gasteiger charge is 2.15. The summed E-state index contributed by atoms with van der Waals surface area (Å²) in [6.45, 7) is 7.78.